The number of allylic oxidation sites excluding steroid dienone is 6. The van der Waals surface area contributed by atoms with Crippen LogP contribution < -0.4 is 0 Å². The number of H-pyrrole nitrogens is 4. The Morgan fingerprint density at radius 2 is 0.722 bits per heavy atom. The van der Waals surface area contributed by atoms with Crippen molar-refractivity contribution in [3.05, 3.63) is 216 Å². The number of Topliss-reactive ketones (excluding diaryl/α,β-unsaturated/α-hetero) is 6. The van der Waals surface area contributed by atoms with Crippen molar-refractivity contribution in [1.82, 2.24) is 38.9 Å². The monoisotopic (exact) mass is 1190 g/mol. The van der Waals surface area contributed by atoms with Gasteiger partial charge in [-0.2, -0.15) is 0 Å². The molecule has 14 nitrogen and oxygen atoms in total. The van der Waals surface area contributed by atoms with E-state index < -0.39 is 0 Å². The summed E-state index contributed by atoms with van der Waals surface area (Å²) in [5.74, 6) is -0.608. The molecule has 7 heterocycles. The summed E-state index contributed by atoms with van der Waals surface area (Å²) in [6.45, 7) is 3.91. The van der Waals surface area contributed by atoms with E-state index in [1.165, 1.54) is 19.4 Å². The van der Waals surface area contributed by atoms with Gasteiger partial charge in [-0.15, -0.1) is 0 Å². The third-order valence-electron chi connectivity index (χ3n) is 18.3. The van der Waals surface area contributed by atoms with E-state index in [9.17, 15) is 28.8 Å². The van der Waals surface area contributed by atoms with Crippen LogP contribution in [0.2, 0.25) is 0 Å². The highest BCUT2D eigenvalue weighted by Gasteiger charge is 2.38. The number of benzene rings is 6. The first-order chi connectivity index (χ1) is 43.4. The predicted octanol–water partition coefficient (Wildman–Crippen LogP) is 14.3. The van der Waals surface area contributed by atoms with E-state index in [1.54, 1.807) is 0 Å². The summed E-state index contributed by atoms with van der Waals surface area (Å²) in [5.41, 5.74) is 14.3. The van der Waals surface area contributed by atoms with Gasteiger partial charge in [0.1, 0.15) is 0 Å². The molecule has 12 aromatic rings. The van der Waals surface area contributed by atoms with Crippen LogP contribution in [0, 0.1) is 0 Å². The van der Waals surface area contributed by atoms with Crippen LogP contribution in [-0.4, -0.2) is 114 Å². The minimum atomic E-state index is -0.116. The number of para-hydroxylation sites is 6. The Hall–Kier alpha value is -10.3. The summed E-state index contributed by atoms with van der Waals surface area (Å²) in [4.78, 5) is 95.2. The summed E-state index contributed by atoms with van der Waals surface area (Å²) < 4.78 is 4.48. The third-order valence-corrected chi connectivity index (χ3v) is 18.3. The number of carbonyl (C=O) groups excluding carboxylic acids is 6. The van der Waals surface area contributed by atoms with Gasteiger partial charge in [0.05, 0.1) is 19.3 Å². The van der Waals surface area contributed by atoms with Crippen LogP contribution in [0.4, 0.5) is 0 Å². The van der Waals surface area contributed by atoms with E-state index in [4.69, 9.17) is 0 Å². The molecule has 90 heavy (non-hydrogen) atoms. The van der Waals surface area contributed by atoms with Crippen molar-refractivity contribution in [1.29, 1.82) is 0 Å². The van der Waals surface area contributed by atoms with Crippen molar-refractivity contribution in [2.45, 2.75) is 71.5 Å². The number of ketones is 6. The van der Waals surface area contributed by atoms with Crippen LogP contribution in [0.1, 0.15) is 85.8 Å². The van der Waals surface area contributed by atoms with Gasteiger partial charge in [-0.05, 0) is 96.3 Å². The molecule has 1 saturated heterocycles. The zero-order chi connectivity index (χ0) is 61.0. The van der Waals surface area contributed by atoms with Gasteiger partial charge in [0.25, 0.3) is 0 Å². The number of fused-ring (bicyclic) bond motifs is 6. The Bertz CT molecular complexity index is 4890. The molecule has 0 radical (unpaired) electrons. The first kappa shape index (κ1) is 58.7. The first-order valence-electron chi connectivity index (χ1n) is 30.6. The standard InChI is InChI=1S/C28H27N3O2.C26H25N3O2.C21H14N2O2.CH4/c1-30-13-6-7-18(30)12-14-31-17-22(20-9-3-5-11-24(20)31)28-26(33)15-25(32)27(28)21-16-29-23-10-4-2-8-19(21)23;1-28(2)12-7-13-29-16-20(18-9-4-6-11-22(18)29)26-24(31)14-23(30)25(26)19-15-27-21-10-5-3-8-17(19)21;24-18-9-19(25)21(15-11-23-17-8-4-2-6-13(15)17)20(18)14-10-22-16-7-3-1-5-12(14)16;/h2-5,8-11,16-18,29H,6-7,12-15H2,1H3;3-6,8-11,15-16,27H,7,12-14H2,1-2H3;1-8,10-11,22-23H,9H2;1H4. The molecule has 1 atom stereocenters. The van der Waals surface area contributed by atoms with E-state index in [-0.39, 0.29) is 61.4 Å². The average molecular weight is 1190 g/mol. The summed E-state index contributed by atoms with van der Waals surface area (Å²) in [5, 5.41) is 5.90. The van der Waals surface area contributed by atoms with Crippen molar-refractivity contribution in [3.8, 4) is 0 Å². The number of hydrogen-bond donors (Lipinski definition) is 4. The van der Waals surface area contributed by atoms with E-state index in [1.807, 2.05) is 152 Å². The number of nitrogens with zero attached hydrogens (tertiary/aromatic N) is 4. The Morgan fingerprint density at radius 1 is 0.411 bits per heavy atom. The molecule has 0 spiro atoms. The van der Waals surface area contributed by atoms with Crippen LogP contribution in [0.25, 0.3) is 98.9 Å². The lowest BCUT2D eigenvalue weighted by atomic mass is 9.95. The molecule has 1 aliphatic heterocycles. The maximum Gasteiger partial charge on any atom is 0.172 e. The number of likely N-dealkylation sites (tertiary alicyclic amines) is 1. The van der Waals surface area contributed by atoms with Gasteiger partial charge >= 0.3 is 0 Å². The molecular weight excluding hydrogens is 1120 g/mol. The maximum atomic E-state index is 13.2. The molecule has 1 unspecified atom stereocenters. The van der Waals surface area contributed by atoms with Gasteiger partial charge in [-0.25, -0.2) is 0 Å². The van der Waals surface area contributed by atoms with Crippen molar-refractivity contribution in [2.24, 2.45) is 0 Å². The van der Waals surface area contributed by atoms with Crippen LogP contribution in [-0.2, 0) is 41.9 Å². The second kappa shape index (κ2) is 24.4. The molecule has 6 aromatic carbocycles. The lowest BCUT2D eigenvalue weighted by Crippen LogP contribution is -2.25. The second-order valence-corrected chi connectivity index (χ2v) is 24.0. The van der Waals surface area contributed by atoms with Crippen molar-refractivity contribution in [2.75, 3.05) is 34.2 Å². The molecule has 0 amide bonds. The molecule has 450 valence electrons. The summed E-state index contributed by atoms with van der Waals surface area (Å²) in [6, 6.07) is 48.4. The lowest BCUT2D eigenvalue weighted by Gasteiger charge is -2.19. The molecule has 0 bridgehead atoms. The van der Waals surface area contributed by atoms with Crippen molar-refractivity contribution < 1.29 is 28.8 Å². The number of nitrogens with one attached hydrogen (secondary N) is 4. The van der Waals surface area contributed by atoms with Gasteiger partial charge in [0.2, 0.25) is 0 Å². The molecule has 14 heteroatoms. The fourth-order valence-electron chi connectivity index (χ4n) is 14.1. The number of aromatic nitrogens is 6. The van der Waals surface area contributed by atoms with Crippen LogP contribution in [0.3, 0.4) is 0 Å². The van der Waals surface area contributed by atoms with E-state index >= 15 is 0 Å². The third kappa shape index (κ3) is 10.5. The number of rotatable bonds is 13. The number of carbonyl (C=O) groups is 6. The molecule has 4 aliphatic rings. The maximum absolute atomic E-state index is 13.2. The normalized spacial score (nSPS) is 16.4. The van der Waals surface area contributed by atoms with Crippen LogP contribution >= 0.6 is 0 Å². The number of aromatic amines is 4. The summed E-state index contributed by atoms with van der Waals surface area (Å²) in [7, 11) is 6.35. The second-order valence-electron chi connectivity index (χ2n) is 24.0. The molecule has 6 aromatic heterocycles. The quantitative estimate of drug-likeness (QED) is 0.0823. The van der Waals surface area contributed by atoms with Gasteiger partial charge in [-0.1, -0.05) is 117 Å². The highest BCUT2D eigenvalue weighted by molar-refractivity contribution is 6.54. The molecule has 16 rings (SSSR count). The Kier molecular flexibility index (Phi) is 15.9. The van der Waals surface area contributed by atoms with Crippen molar-refractivity contribution >= 4 is 134 Å². The van der Waals surface area contributed by atoms with Crippen LogP contribution in [0.15, 0.2) is 183 Å². The molecule has 1 fully saturated rings. The van der Waals surface area contributed by atoms with E-state index in [0.29, 0.717) is 39.5 Å². The fraction of sp³-hybridized carbons (Fsp3) is 0.211. The summed E-state index contributed by atoms with van der Waals surface area (Å²) >= 11 is 0. The Balaban J connectivity index is 0.000000124. The topological polar surface area (TPSA) is 182 Å². The van der Waals surface area contributed by atoms with Crippen molar-refractivity contribution in [3.63, 3.8) is 0 Å². The predicted molar refractivity (Wildman–Crippen MR) is 362 cm³/mol. The van der Waals surface area contributed by atoms with E-state index in [0.717, 1.165) is 131 Å². The van der Waals surface area contributed by atoms with Gasteiger partial charge in [-0.3, -0.25) is 28.8 Å². The summed E-state index contributed by atoms with van der Waals surface area (Å²) in [6.07, 6.45) is 15.9. The molecule has 0 saturated carbocycles. The van der Waals surface area contributed by atoms with E-state index in [2.05, 4.69) is 90.6 Å². The molecular formula is C76H70N8O6. The minimum Gasteiger partial charge on any atom is -0.361 e. The average Bonchev–Trinajstić information content (AvgIpc) is 1.86. The fourth-order valence-corrected chi connectivity index (χ4v) is 14.1. The number of aryl methyl sites for hydroxylation is 2. The van der Waals surface area contributed by atoms with Gasteiger partial charge < -0.3 is 38.9 Å². The largest absolute Gasteiger partial charge is 0.361 e. The highest BCUT2D eigenvalue weighted by Crippen LogP contribution is 2.44. The molecule has 4 N–H and O–H groups in total. The first-order valence-corrected chi connectivity index (χ1v) is 30.6. The number of hydrogen-bond acceptors (Lipinski definition) is 8. The van der Waals surface area contributed by atoms with Crippen LogP contribution in [0.5, 0.6) is 0 Å². The van der Waals surface area contributed by atoms with Gasteiger partial charge in [0.15, 0.2) is 34.7 Å². The Labute approximate surface area is 520 Å². The SMILES string of the molecule is C.CN(C)CCCn1cc(C2=C(c3c[nH]c4ccccc34)C(=O)CC2=O)c2ccccc21.CN1CCCC1CCn1cc(C2=C(c3c[nH]c4ccccc34)C(=O)CC2=O)c2ccccc21.O=C1CC(=O)C(c2c[nH]c3ccccc23)=C1c1c[nH]c2ccccc12. The lowest BCUT2D eigenvalue weighted by molar-refractivity contribution is -0.121. The Morgan fingerprint density at radius 3 is 1.06 bits per heavy atom. The zero-order valence-electron chi connectivity index (χ0n) is 49.9. The smallest absolute Gasteiger partial charge is 0.172 e. The highest BCUT2D eigenvalue weighted by atomic mass is 16.2. The zero-order valence-corrected chi connectivity index (χ0v) is 49.9. The minimum absolute atomic E-state index is 0. The van der Waals surface area contributed by atoms with Gasteiger partial charge in [0, 0.05) is 189 Å². The molecule has 3 aliphatic carbocycles.